The number of cyclic esters (lactones) is 1. The van der Waals surface area contributed by atoms with E-state index in [1.807, 2.05) is 42.5 Å². The van der Waals surface area contributed by atoms with Crippen LogP contribution in [0.4, 0.5) is 0 Å². The van der Waals surface area contributed by atoms with Crippen LogP contribution in [0.2, 0.25) is 5.02 Å². The summed E-state index contributed by atoms with van der Waals surface area (Å²) in [5.41, 5.74) is 0.865. The van der Waals surface area contributed by atoms with Crippen LogP contribution in [0.3, 0.4) is 0 Å². The van der Waals surface area contributed by atoms with E-state index in [0.717, 1.165) is 17.3 Å². The molecule has 1 heterocycles. The normalized spacial score (nSPS) is 18.2. The fraction of sp³-hybridized carbons (Fsp3) is 0.118. The number of benzene rings is 2. The van der Waals surface area contributed by atoms with Crippen LogP contribution in [0.1, 0.15) is 18.1 Å². The van der Waals surface area contributed by atoms with Crippen LogP contribution in [0.5, 0.6) is 0 Å². The van der Waals surface area contributed by atoms with Crippen molar-refractivity contribution >= 4 is 29.3 Å². The number of hydrogen-bond acceptors (Lipinski definition) is 4. The van der Waals surface area contributed by atoms with Crippen molar-refractivity contribution in [1.29, 1.82) is 0 Å². The highest BCUT2D eigenvalue weighted by Crippen LogP contribution is 2.40. The predicted molar refractivity (Wildman–Crippen MR) is 86.9 cm³/mol. The summed E-state index contributed by atoms with van der Waals surface area (Å²) >= 11 is 7.21. The van der Waals surface area contributed by atoms with Crippen molar-refractivity contribution in [3.63, 3.8) is 0 Å². The number of carbonyl (C=O) groups excluding carboxylic acids is 1. The van der Waals surface area contributed by atoms with Gasteiger partial charge in [0.15, 0.2) is 0 Å². The Kier molecular flexibility index (Phi) is 4.41. The predicted octanol–water partition coefficient (Wildman–Crippen LogP) is 4.89. The SMILES string of the molecule is O=C1OC(c2ccccc2)CC(O)=C1Sc1ccccc1Cl. The van der Waals surface area contributed by atoms with Crippen molar-refractivity contribution in [2.45, 2.75) is 17.4 Å². The Morgan fingerprint density at radius 3 is 2.45 bits per heavy atom. The van der Waals surface area contributed by atoms with Gasteiger partial charge in [-0.25, -0.2) is 4.79 Å². The number of aliphatic hydroxyl groups is 1. The van der Waals surface area contributed by atoms with Crippen LogP contribution in [0.15, 0.2) is 70.2 Å². The molecule has 0 amide bonds. The van der Waals surface area contributed by atoms with E-state index in [9.17, 15) is 9.90 Å². The highest BCUT2D eigenvalue weighted by molar-refractivity contribution is 8.04. The zero-order valence-electron chi connectivity index (χ0n) is 11.5. The molecule has 2 aromatic rings. The highest BCUT2D eigenvalue weighted by atomic mass is 35.5. The summed E-state index contributed by atoms with van der Waals surface area (Å²) < 4.78 is 5.45. The molecule has 5 heteroatoms. The molecule has 1 N–H and O–H groups in total. The lowest BCUT2D eigenvalue weighted by Gasteiger charge is -2.24. The van der Waals surface area contributed by atoms with Crippen LogP contribution in [-0.4, -0.2) is 11.1 Å². The maximum atomic E-state index is 12.2. The molecule has 0 bridgehead atoms. The maximum absolute atomic E-state index is 12.2. The third-order valence-corrected chi connectivity index (χ3v) is 4.92. The molecule has 0 radical (unpaired) electrons. The smallest absolute Gasteiger partial charge is 0.349 e. The van der Waals surface area contributed by atoms with Gasteiger partial charge in [-0.15, -0.1) is 0 Å². The summed E-state index contributed by atoms with van der Waals surface area (Å²) in [4.78, 5) is 13.1. The quantitative estimate of drug-likeness (QED) is 0.813. The van der Waals surface area contributed by atoms with E-state index in [1.165, 1.54) is 0 Å². The van der Waals surface area contributed by atoms with Crippen LogP contribution >= 0.6 is 23.4 Å². The Bertz CT molecular complexity index is 728. The molecule has 1 unspecified atom stereocenters. The minimum atomic E-state index is -0.525. The number of thioether (sulfide) groups is 1. The Hall–Kier alpha value is -1.91. The summed E-state index contributed by atoms with van der Waals surface area (Å²) in [6.45, 7) is 0. The van der Waals surface area contributed by atoms with E-state index in [-0.39, 0.29) is 17.1 Å². The third-order valence-electron chi connectivity index (χ3n) is 3.30. The largest absolute Gasteiger partial charge is 0.511 e. The standard InChI is InChI=1S/C17H13ClO3S/c18-12-8-4-5-9-15(12)22-16-13(19)10-14(21-17(16)20)11-6-2-1-3-7-11/h1-9,14,19H,10H2. The second kappa shape index (κ2) is 6.46. The molecule has 1 aliphatic heterocycles. The Labute approximate surface area is 137 Å². The van der Waals surface area contributed by atoms with E-state index in [1.54, 1.807) is 12.1 Å². The van der Waals surface area contributed by atoms with Crippen molar-refractivity contribution in [1.82, 2.24) is 0 Å². The van der Waals surface area contributed by atoms with Gasteiger partial charge < -0.3 is 9.84 Å². The fourth-order valence-electron chi connectivity index (χ4n) is 2.20. The number of hydrogen-bond donors (Lipinski definition) is 1. The first kappa shape index (κ1) is 15.0. The third kappa shape index (κ3) is 3.13. The van der Waals surface area contributed by atoms with E-state index in [4.69, 9.17) is 16.3 Å². The Morgan fingerprint density at radius 2 is 1.77 bits per heavy atom. The molecule has 1 atom stereocenters. The molecule has 22 heavy (non-hydrogen) atoms. The van der Waals surface area contributed by atoms with Crippen LogP contribution < -0.4 is 0 Å². The number of ether oxygens (including phenoxy) is 1. The molecule has 0 aliphatic carbocycles. The highest BCUT2D eigenvalue weighted by Gasteiger charge is 2.31. The van der Waals surface area contributed by atoms with Gasteiger partial charge in [-0.05, 0) is 17.7 Å². The molecule has 0 fully saturated rings. The van der Waals surface area contributed by atoms with E-state index in [0.29, 0.717) is 9.92 Å². The van der Waals surface area contributed by atoms with Crippen LogP contribution in [0, 0.1) is 0 Å². The second-order valence-electron chi connectivity index (χ2n) is 4.82. The average Bonchev–Trinajstić information content (AvgIpc) is 2.53. The summed E-state index contributed by atoms with van der Waals surface area (Å²) in [7, 11) is 0. The summed E-state index contributed by atoms with van der Waals surface area (Å²) in [6.07, 6.45) is -0.188. The van der Waals surface area contributed by atoms with Gasteiger partial charge in [-0.1, -0.05) is 65.8 Å². The van der Waals surface area contributed by atoms with Gasteiger partial charge in [-0.3, -0.25) is 0 Å². The molecule has 1 aliphatic rings. The van der Waals surface area contributed by atoms with E-state index < -0.39 is 12.1 Å². The Balaban J connectivity index is 1.84. The number of aliphatic hydroxyl groups excluding tert-OH is 1. The van der Waals surface area contributed by atoms with Crippen LogP contribution in [-0.2, 0) is 9.53 Å². The lowest BCUT2D eigenvalue weighted by Crippen LogP contribution is -2.20. The Morgan fingerprint density at radius 1 is 1.09 bits per heavy atom. The van der Waals surface area contributed by atoms with Gasteiger partial charge in [0.2, 0.25) is 0 Å². The summed E-state index contributed by atoms with van der Waals surface area (Å²) in [6, 6.07) is 16.6. The molecule has 0 spiro atoms. The molecular formula is C17H13ClO3S. The fourth-order valence-corrected chi connectivity index (χ4v) is 3.32. The topological polar surface area (TPSA) is 46.5 Å². The van der Waals surface area contributed by atoms with Crippen molar-refractivity contribution in [3.8, 4) is 0 Å². The zero-order chi connectivity index (χ0) is 15.5. The number of halogens is 1. The summed E-state index contributed by atoms with van der Waals surface area (Å²) in [5.74, 6) is -0.488. The van der Waals surface area contributed by atoms with Crippen LogP contribution in [0.25, 0.3) is 0 Å². The van der Waals surface area contributed by atoms with E-state index in [2.05, 4.69) is 0 Å². The van der Waals surface area contributed by atoms with E-state index >= 15 is 0 Å². The lowest BCUT2D eigenvalue weighted by molar-refractivity contribution is -0.146. The summed E-state index contributed by atoms with van der Waals surface area (Å²) in [5, 5.41) is 10.8. The zero-order valence-corrected chi connectivity index (χ0v) is 13.1. The van der Waals surface area contributed by atoms with Gasteiger partial charge in [0.1, 0.15) is 16.8 Å². The van der Waals surface area contributed by atoms with Crippen molar-refractivity contribution in [2.75, 3.05) is 0 Å². The first-order chi connectivity index (χ1) is 10.6. The molecule has 0 saturated heterocycles. The number of esters is 1. The number of rotatable bonds is 3. The maximum Gasteiger partial charge on any atom is 0.349 e. The number of carbonyl (C=O) groups is 1. The van der Waals surface area contributed by atoms with Crippen molar-refractivity contribution < 1.29 is 14.6 Å². The van der Waals surface area contributed by atoms with Crippen molar-refractivity contribution in [3.05, 3.63) is 75.8 Å². The van der Waals surface area contributed by atoms with Gasteiger partial charge >= 0.3 is 5.97 Å². The second-order valence-corrected chi connectivity index (χ2v) is 6.28. The molecular weight excluding hydrogens is 320 g/mol. The minimum absolute atomic E-state index is 0.0371. The lowest BCUT2D eigenvalue weighted by atomic mass is 10.0. The molecule has 0 aromatic heterocycles. The first-order valence-corrected chi connectivity index (χ1v) is 7.95. The molecule has 112 valence electrons. The average molecular weight is 333 g/mol. The molecule has 3 rings (SSSR count). The molecule has 0 saturated carbocycles. The van der Waals surface area contributed by atoms with Gasteiger partial charge in [0.05, 0.1) is 5.02 Å². The van der Waals surface area contributed by atoms with Crippen molar-refractivity contribution in [2.24, 2.45) is 0 Å². The molecule has 3 nitrogen and oxygen atoms in total. The van der Waals surface area contributed by atoms with Gasteiger partial charge in [0.25, 0.3) is 0 Å². The minimum Gasteiger partial charge on any atom is -0.511 e. The monoisotopic (exact) mass is 332 g/mol. The van der Waals surface area contributed by atoms with Gasteiger partial charge in [-0.2, -0.15) is 0 Å². The first-order valence-electron chi connectivity index (χ1n) is 6.75. The molecule has 2 aromatic carbocycles. The van der Waals surface area contributed by atoms with Gasteiger partial charge in [0, 0.05) is 11.3 Å².